The molecule has 1 saturated carbocycles. The van der Waals surface area contributed by atoms with Gasteiger partial charge >= 0.3 is 0 Å². The lowest BCUT2D eigenvalue weighted by atomic mass is 10.1. The summed E-state index contributed by atoms with van der Waals surface area (Å²) in [7, 11) is 0. The van der Waals surface area contributed by atoms with Crippen molar-refractivity contribution in [1.29, 1.82) is 0 Å². The van der Waals surface area contributed by atoms with Crippen LogP contribution in [0.2, 0.25) is 10.3 Å². The first-order valence-corrected chi connectivity index (χ1v) is 5.31. The van der Waals surface area contributed by atoms with Crippen LogP contribution in [0.5, 0.6) is 0 Å². The maximum absolute atomic E-state index is 5.97. The fraction of sp³-hybridized carbons (Fsp3) is 0.556. The summed E-state index contributed by atoms with van der Waals surface area (Å²) in [5.41, 5.74) is 6.94. The van der Waals surface area contributed by atoms with Gasteiger partial charge in [-0.2, -0.15) is 0 Å². The van der Waals surface area contributed by atoms with Gasteiger partial charge in [0.25, 0.3) is 0 Å². The van der Waals surface area contributed by atoms with Crippen molar-refractivity contribution in [3.8, 4) is 0 Å². The van der Waals surface area contributed by atoms with Crippen molar-refractivity contribution in [1.82, 2.24) is 10.2 Å². The summed E-state index contributed by atoms with van der Waals surface area (Å²) in [5.74, 6) is 0. The number of rotatable bonds is 3. The largest absolute Gasteiger partial charge is 0.325 e. The Hall–Kier alpha value is -0.380. The van der Waals surface area contributed by atoms with Crippen molar-refractivity contribution in [2.45, 2.75) is 31.2 Å². The van der Waals surface area contributed by atoms with Crippen LogP contribution in [0.4, 0.5) is 0 Å². The summed E-state index contributed by atoms with van der Waals surface area (Å²) in [6.07, 6.45) is 3.98. The molecule has 14 heavy (non-hydrogen) atoms. The molecule has 0 aliphatic heterocycles. The molecule has 0 unspecified atom stereocenters. The van der Waals surface area contributed by atoms with Gasteiger partial charge in [0, 0.05) is 5.54 Å². The molecule has 1 aromatic rings. The summed E-state index contributed by atoms with van der Waals surface area (Å²) in [4.78, 5) is 0. The molecule has 2 rings (SSSR count). The summed E-state index contributed by atoms with van der Waals surface area (Å²) < 4.78 is 0. The SMILES string of the molecule is NC1(CCc2cc(Cl)nnc2Cl)CC1. The lowest BCUT2D eigenvalue weighted by molar-refractivity contribution is 0.608. The van der Waals surface area contributed by atoms with Crippen molar-refractivity contribution in [2.24, 2.45) is 5.73 Å². The van der Waals surface area contributed by atoms with E-state index in [0.717, 1.165) is 31.2 Å². The fourth-order valence-corrected chi connectivity index (χ4v) is 1.71. The molecule has 0 saturated heterocycles. The Morgan fingerprint density at radius 2 is 2.07 bits per heavy atom. The standard InChI is InChI=1S/C9H11Cl2N3/c10-7-5-6(8(11)14-13-7)1-2-9(12)3-4-9/h5H,1-4,12H2. The molecule has 5 heteroatoms. The van der Waals surface area contributed by atoms with E-state index in [1.807, 2.05) is 0 Å². The molecule has 0 radical (unpaired) electrons. The quantitative estimate of drug-likeness (QED) is 0.869. The van der Waals surface area contributed by atoms with Crippen molar-refractivity contribution >= 4 is 23.2 Å². The summed E-state index contributed by atoms with van der Waals surface area (Å²) >= 11 is 11.6. The fourth-order valence-electron chi connectivity index (χ4n) is 1.36. The highest BCUT2D eigenvalue weighted by molar-refractivity contribution is 6.31. The first-order chi connectivity index (χ1) is 6.59. The molecular weight excluding hydrogens is 221 g/mol. The summed E-state index contributed by atoms with van der Waals surface area (Å²) in [6, 6.07) is 1.75. The monoisotopic (exact) mass is 231 g/mol. The Labute approximate surface area is 92.6 Å². The van der Waals surface area contributed by atoms with Gasteiger partial charge in [-0.1, -0.05) is 23.2 Å². The van der Waals surface area contributed by atoms with E-state index in [-0.39, 0.29) is 5.54 Å². The molecule has 1 aromatic heterocycles. The van der Waals surface area contributed by atoms with Gasteiger partial charge in [-0.25, -0.2) is 0 Å². The third kappa shape index (κ3) is 2.35. The highest BCUT2D eigenvalue weighted by Crippen LogP contribution is 2.37. The highest BCUT2D eigenvalue weighted by Gasteiger charge is 2.37. The predicted octanol–water partition coefficient (Wildman–Crippen LogP) is 2.21. The van der Waals surface area contributed by atoms with Crippen LogP contribution in [-0.2, 0) is 6.42 Å². The van der Waals surface area contributed by atoms with E-state index < -0.39 is 0 Å². The van der Waals surface area contributed by atoms with Crippen molar-refractivity contribution in [3.05, 3.63) is 21.9 Å². The van der Waals surface area contributed by atoms with E-state index in [0.29, 0.717) is 10.3 Å². The molecule has 2 N–H and O–H groups in total. The molecule has 1 aliphatic carbocycles. The van der Waals surface area contributed by atoms with Gasteiger partial charge in [-0.15, -0.1) is 10.2 Å². The lowest BCUT2D eigenvalue weighted by Crippen LogP contribution is -2.22. The Morgan fingerprint density at radius 3 is 2.71 bits per heavy atom. The van der Waals surface area contributed by atoms with Crippen LogP contribution in [-0.4, -0.2) is 15.7 Å². The van der Waals surface area contributed by atoms with Crippen LogP contribution < -0.4 is 5.73 Å². The number of hydrogen-bond acceptors (Lipinski definition) is 3. The first-order valence-electron chi connectivity index (χ1n) is 4.56. The second-order valence-corrected chi connectivity index (χ2v) is 4.59. The summed E-state index contributed by atoms with van der Waals surface area (Å²) in [5, 5.41) is 8.20. The van der Waals surface area contributed by atoms with Gasteiger partial charge in [-0.05, 0) is 37.3 Å². The molecule has 0 spiro atoms. The van der Waals surface area contributed by atoms with Crippen molar-refractivity contribution < 1.29 is 0 Å². The van der Waals surface area contributed by atoms with E-state index in [1.54, 1.807) is 6.07 Å². The molecule has 1 heterocycles. The van der Waals surface area contributed by atoms with Crippen LogP contribution in [0.25, 0.3) is 0 Å². The van der Waals surface area contributed by atoms with Crippen LogP contribution in [0.1, 0.15) is 24.8 Å². The molecule has 0 aromatic carbocycles. The Balaban J connectivity index is 2.04. The number of aromatic nitrogens is 2. The van der Waals surface area contributed by atoms with E-state index in [1.165, 1.54) is 0 Å². The Morgan fingerprint density at radius 1 is 1.36 bits per heavy atom. The molecule has 1 aliphatic rings. The smallest absolute Gasteiger partial charge is 0.155 e. The molecular formula is C9H11Cl2N3. The third-order valence-corrected chi connectivity index (χ3v) is 3.08. The minimum Gasteiger partial charge on any atom is -0.325 e. The maximum atomic E-state index is 5.97. The van der Waals surface area contributed by atoms with E-state index in [4.69, 9.17) is 28.9 Å². The molecule has 0 bridgehead atoms. The number of halogens is 2. The normalized spacial score (nSPS) is 18.2. The average Bonchev–Trinajstić information content (AvgIpc) is 2.87. The lowest BCUT2D eigenvalue weighted by Gasteiger charge is -2.08. The minimum absolute atomic E-state index is 0.0407. The average molecular weight is 232 g/mol. The van der Waals surface area contributed by atoms with Crippen LogP contribution in [0.15, 0.2) is 6.07 Å². The van der Waals surface area contributed by atoms with Gasteiger partial charge in [0.1, 0.15) is 0 Å². The molecule has 0 amide bonds. The van der Waals surface area contributed by atoms with Crippen LogP contribution in [0, 0.1) is 0 Å². The molecule has 76 valence electrons. The second kappa shape index (κ2) is 3.65. The van der Waals surface area contributed by atoms with Gasteiger partial charge < -0.3 is 5.73 Å². The second-order valence-electron chi connectivity index (χ2n) is 3.85. The van der Waals surface area contributed by atoms with Crippen molar-refractivity contribution in [2.75, 3.05) is 0 Å². The summed E-state index contributed by atoms with van der Waals surface area (Å²) in [6.45, 7) is 0. The molecule has 1 fully saturated rings. The van der Waals surface area contributed by atoms with Gasteiger partial charge in [0.05, 0.1) is 0 Å². The number of nitrogens with zero attached hydrogens (tertiary/aromatic N) is 2. The zero-order valence-corrected chi connectivity index (χ0v) is 9.15. The van der Waals surface area contributed by atoms with Gasteiger partial charge in [-0.3, -0.25) is 0 Å². The predicted molar refractivity (Wildman–Crippen MR) is 56.5 cm³/mol. The highest BCUT2D eigenvalue weighted by atomic mass is 35.5. The van der Waals surface area contributed by atoms with E-state index in [9.17, 15) is 0 Å². The molecule has 0 atom stereocenters. The maximum Gasteiger partial charge on any atom is 0.155 e. The number of aryl methyl sites for hydroxylation is 1. The number of hydrogen-bond donors (Lipinski definition) is 1. The Bertz CT molecular complexity index is 350. The zero-order valence-electron chi connectivity index (χ0n) is 7.63. The van der Waals surface area contributed by atoms with Crippen LogP contribution >= 0.6 is 23.2 Å². The topological polar surface area (TPSA) is 51.8 Å². The van der Waals surface area contributed by atoms with Gasteiger partial charge in [0.2, 0.25) is 0 Å². The first kappa shape index (κ1) is 10.1. The molecule has 3 nitrogen and oxygen atoms in total. The van der Waals surface area contributed by atoms with E-state index >= 15 is 0 Å². The zero-order chi connectivity index (χ0) is 10.2. The van der Waals surface area contributed by atoms with Crippen LogP contribution in [0.3, 0.4) is 0 Å². The van der Waals surface area contributed by atoms with Gasteiger partial charge in [0.15, 0.2) is 10.3 Å². The van der Waals surface area contributed by atoms with Crippen molar-refractivity contribution in [3.63, 3.8) is 0 Å². The van der Waals surface area contributed by atoms with E-state index in [2.05, 4.69) is 10.2 Å². The number of nitrogens with two attached hydrogens (primary N) is 1. The minimum atomic E-state index is 0.0407. The third-order valence-electron chi connectivity index (χ3n) is 2.58. The Kier molecular flexibility index (Phi) is 2.64.